The molecule has 1 aromatic carbocycles. The van der Waals surface area contributed by atoms with Crippen molar-refractivity contribution in [2.24, 2.45) is 5.92 Å². The fourth-order valence-electron chi connectivity index (χ4n) is 3.76. The minimum atomic E-state index is -0.0659. The van der Waals surface area contributed by atoms with Gasteiger partial charge in [0.1, 0.15) is 5.82 Å². The third-order valence-corrected chi connectivity index (χ3v) is 4.94. The number of hydrogen-bond donors (Lipinski definition) is 0. The topological polar surface area (TPSA) is 6.48 Å². The molecule has 0 spiro atoms. The predicted octanol–water partition coefficient (Wildman–Crippen LogP) is 3.13. The summed E-state index contributed by atoms with van der Waals surface area (Å²) in [6.45, 7) is 8.82. The maximum atomic E-state index is 13.9. The van der Waals surface area contributed by atoms with Crippen molar-refractivity contribution in [1.29, 1.82) is 0 Å². The van der Waals surface area contributed by atoms with E-state index < -0.39 is 0 Å². The first-order valence-corrected chi connectivity index (χ1v) is 7.86. The standard InChI is InChI=1S/C17H25FN2/c1-13(2)17-12-19-9-5-7-15(19)11-20(17)10-14-6-3-4-8-16(14)18/h3-4,6,8,13,15,17H,5,7,9-12H2,1-2H3. The second-order valence-electron chi connectivity index (χ2n) is 6.62. The molecule has 20 heavy (non-hydrogen) atoms. The smallest absolute Gasteiger partial charge is 0.127 e. The lowest BCUT2D eigenvalue weighted by molar-refractivity contribution is 0.0233. The minimum Gasteiger partial charge on any atom is -0.298 e. The van der Waals surface area contributed by atoms with E-state index in [1.165, 1.54) is 19.4 Å². The van der Waals surface area contributed by atoms with Gasteiger partial charge in [-0.15, -0.1) is 0 Å². The van der Waals surface area contributed by atoms with Crippen molar-refractivity contribution >= 4 is 0 Å². The SMILES string of the molecule is CC(C)C1CN2CCCC2CN1Cc1ccccc1F. The normalized spacial score (nSPS) is 28.0. The number of benzene rings is 1. The highest BCUT2D eigenvalue weighted by Gasteiger charge is 2.37. The first-order chi connectivity index (χ1) is 9.65. The van der Waals surface area contributed by atoms with E-state index >= 15 is 0 Å². The Hall–Kier alpha value is -0.930. The molecule has 2 aliphatic heterocycles. The lowest BCUT2D eigenvalue weighted by Crippen LogP contribution is -2.57. The van der Waals surface area contributed by atoms with Crippen LogP contribution in [-0.4, -0.2) is 41.5 Å². The van der Waals surface area contributed by atoms with Gasteiger partial charge in [0, 0.05) is 37.3 Å². The second kappa shape index (κ2) is 5.82. The van der Waals surface area contributed by atoms with Crippen molar-refractivity contribution in [3.63, 3.8) is 0 Å². The van der Waals surface area contributed by atoms with E-state index in [-0.39, 0.29) is 5.82 Å². The average Bonchev–Trinajstić information content (AvgIpc) is 2.87. The van der Waals surface area contributed by atoms with Crippen molar-refractivity contribution in [2.45, 2.75) is 45.3 Å². The lowest BCUT2D eigenvalue weighted by atomic mass is 9.96. The van der Waals surface area contributed by atoms with Gasteiger partial charge in [-0.3, -0.25) is 9.80 Å². The van der Waals surface area contributed by atoms with E-state index in [4.69, 9.17) is 0 Å². The average molecular weight is 276 g/mol. The summed E-state index contributed by atoms with van der Waals surface area (Å²) >= 11 is 0. The molecular weight excluding hydrogens is 251 g/mol. The maximum absolute atomic E-state index is 13.9. The molecule has 2 aliphatic rings. The third kappa shape index (κ3) is 2.75. The first-order valence-electron chi connectivity index (χ1n) is 7.86. The Balaban J connectivity index is 1.77. The Morgan fingerprint density at radius 1 is 1.25 bits per heavy atom. The quantitative estimate of drug-likeness (QED) is 0.837. The largest absolute Gasteiger partial charge is 0.298 e. The van der Waals surface area contributed by atoms with Crippen LogP contribution in [0.1, 0.15) is 32.3 Å². The second-order valence-corrected chi connectivity index (χ2v) is 6.62. The van der Waals surface area contributed by atoms with Gasteiger partial charge in [0.2, 0.25) is 0 Å². The third-order valence-electron chi connectivity index (χ3n) is 4.94. The van der Waals surface area contributed by atoms with Gasteiger partial charge in [-0.2, -0.15) is 0 Å². The summed E-state index contributed by atoms with van der Waals surface area (Å²) < 4.78 is 13.9. The highest BCUT2D eigenvalue weighted by atomic mass is 19.1. The van der Waals surface area contributed by atoms with E-state index in [0.29, 0.717) is 18.0 Å². The molecule has 0 N–H and O–H groups in total. The zero-order valence-electron chi connectivity index (χ0n) is 12.6. The van der Waals surface area contributed by atoms with E-state index in [1.807, 2.05) is 12.1 Å². The molecule has 3 rings (SSSR count). The first kappa shape index (κ1) is 14.0. The van der Waals surface area contributed by atoms with E-state index in [9.17, 15) is 4.39 Å². The molecule has 2 saturated heterocycles. The van der Waals surface area contributed by atoms with Crippen molar-refractivity contribution < 1.29 is 4.39 Å². The van der Waals surface area contributed by atoms with E-state index in [0.717, 1.165) is 25.2 Å². The van der Waals surface area contributed by atoms with Crippen molar-refractivity contribution in [1.82, 2.24) is 9.80 Å². The minimum absolute atomic E-state index is 0.0659. The zero-order chi connectivity index (χ0) is 14.1. The molecular formula is C17H25FN2. The summed E-state index contributed by atoms with van der Waals surface area (Å²) in [5.41, 5.74) is 0.838. The Kier molecular flexibility index (Phi) is 4.08. The summed E-state index contributed by atoms with van der Waals surface area (Å²) in [4.78, 5) is 5.15. The molecule has 2 nitrogen and oxygen atoms in total. The van der Waals surface area contributed by atoms with Gasteiger partial charge in [-0.05, 0) is 31.4 Å². The van der Waals surface area contributed by atoms with Gasteiger partial charge in [-0.1, -0.05) is 32.0 Å². The van der Waals surface area contributed by atoms with Gasteiger partial charge >= 0.3 is 0 Å². The fourth-order valence-corrected chi connectivity index (χ4v) is 3.76. The number of nitrogens with zero attached hydrogens (tertiary/aromatic N) is 2. The van der Waals surface area contributed by atoms with Crippen molar-refractivity contribution in [3.8, 4) is 0 Å². The molecule has 1 aromatic rings. The molecule has 0 saturated carbocycles. The Morgan fingerprint density at radius 2 is 2.05 bits per heavy atom. The summed E-state index contributed by atoms with van der Waals surface area (Å²) in [6, 6.07) is 8.45. The number of hydrogen-bond acceptors (Lipinski definition) is 2. The van der Waals surface area contributed by atoms with E-state index in [1.54, 1.807) is 12.1 Å². The molecule has 0 aromatic heterocycles. The zero-order valence-corrected chi connectivity index (χ0v) is 12.6. The maximum Gasteiger partial charge on any atom is 0.127 e. The number of halogens is 1. The number of piperazine rings is 1. The lowest BCUT2D eigenvalue weighted by Gasteiger charge is -2.45. The van der Waals surface area contributed by atoms with Crippen molar-refractivity contribution in [2.75, 3.05) is 19.6 Å². The summed E-state index contributed by atoms with van der Waals surface area (Å²) in [7, 11) is 0. The van der Waals surface area contributed by atoms with Crippen LogP contribution in [-0.2, 0) is 6.54 Å². The van der Waals surface area contributed by atoms with E-state index in [2.05, 4.69) is 23.6 Å². The molecule has 2 fully saturated rings. The highest BCUT2D eigenvalue weighted by Crippen LogP contribution is 2.29. The van der Waals surface area contributed by atoms with Crippen molar-refractivity contribution in [3.05, 3.63) is 35.6 Å². The Morgan fingerprint density at radius 3 is 2.80 bits per heavy atom. The van der Waals surface area contributed by atoms with Crippen LogP contribution in [0.4, 0.5) is 4.39 Å². The van der Waals surface area contributed by atoms with Gasteiger partial charge in [0.25, 0.3) is 0 Å². The molecule has 2 heterocycles. The van der Waals surface area contributed by atoms with Crippen LogP contribution in [0.25, 0.3) is 0 Å². The molecule has 0 radical (unpaired) electrons. The van der Waals surface area contributed by atoms with Crippen LogP contribution in [0.3, 0.4) is 0 Å². The molecule has 0 amide bonds. The van der Waals surface area contributed by atoms with Crippen LogP contribution in [0.2, 0.25) is 0 Å². The Bertz CT molecular complexity index is 460. The van der Waals surface area contributed by atoms with Gasteiger partial charge < -0.3 is 0 Å². The predicted molar refractivity (Wildman–Crippen MR) is 80.0 cm³/mol. The molecule has 2 atom stereocenters. The molecule has 2 unspecified atom stereocenters. The van der Waals surface area contributed by atoms with Gasteiger partial charge in [-0.25, -0.2) is 4.39 Å². The number of rotatable bonds is 3. The van der Waals surface area contributed by atoms with Gasteiger partial charge in [0.15, 0.2) is 0 Å². The van der Waals surface area contributed by atoms with Crippen LogP contribution >= 0.6 is 0 Å². The van der Waals surface area contributed by atoms with Gasteiger partial charge in [0.05, 0.1) is 0 Å². The van der Waals surface area contributed by atoms with Crippen LogP contribution in [0, 0.1) is 11.7 Å². The Labute approximate surface area is 121 Å². The van der Waals surface area contributed by atoms with Crippen LogP contribution in [0.5, 0.6) is 0 Å². The summed E-state index contributed by atoms with van der Waals surface area (Å²) in [6.07, 6.45) is 2.63. The monoisotopic (exact) mass is 276 g/mol. The molecule has 0 aliphatic carbocycles. The molecule has 0 bridgehead atoms. The summed E-state index contributed by atoms with van der Waals surface area (Å²) in [5, 5.41) is 0. The molecule has 3 heteroatoms. The number of fused-ring (bicyclic) bond motifs is 1. The summed E-state index contributed by atoms with van der Waals surface area (Å²) in [5.74, 6) is 0.548. The highest BCUT2D eigenvalue weighted by molar-refractivity contribution is 5.17. The fraction of sp³-hybridized carbons (Fsp3) is 0.647. The van der Waals surface area contributed by atoms with Crippen LogP contribution in [0.15, 0.2) is 24.3 Å². The van der Waals surface area contributed by atoms with Crippen LogP contribution < -0.4 is 0 Å². The molecule has 110 valence electrons.